The summed E-state index contributed by atoms with van der Waals surface area (Å²) in [6, 6.07) is 15.1. The molecule has 2 fully saturated rings. The summed E-state index contributed by atoms with van der Waals surface area (Å²) in [6.07, 6.45) is 2.24. The smallest absolute Gasteiger partial charge is 0.247 e. The van der Waals surface area contributed by atoms with Gasteiger partial charge in [-0.05, 0) is 36.1 Å². The van der Waals surface area contributed by atoms with Crippen LogP contribution >= 0.6 is 0 Å². The van der Waals surface area contributed by atoms with Crippen LogP contribution in [0.4, 0.5) is 4.39 Å². The number of nitrogens with one attached hydrogen (secondary N) is 1. The van der Waals surface area contributed by atoms with Crippen molar-refractivity contribution >= 4 is 11.8 Å². The van der Waals surface area contributed by atoms with Gasteiger partial charge in [0, 0.05) is 32.6 Å². The van der Waals surface area contributed by atoms with E-state index in [2.05, 4.69) is 10.2 Å². The highest BCUT2D eigenvalue weighted by molar-refractivity contribution is 5.89. The fourth-order valence-electron chi connectivity index (χ4n) is 4.53. The molecule has 2 unspecified atom stereocenters. The Morgan fingerprint density at radius 1 is 0.969 bits per heavy atom. The molecule has 7 heteroatoms. The van der Waals surface area contributed by atoms with Gasteiger partial charge in [0.1, 0.15) is 11.9 Å². The van der Waals surface area contributed by atoms with Crippen molar-refractivity contribution in [3.05, 3.63) is 71.5 Å². The van der Waals surface area contributed by atoms with Crippen molar-refractivity contribution in [1.82, 2.24) is 15.1 Å². The Bertz CT molecular complexity index is 900. The van der Waals surface area contributed by atoms with Crippen LogP contribution < -0.4 is 5.32 Å². The van der Waals surface area contributed by atoms with E-state index in [1.54, 1.807) is 17.0 Å². The number of halogens is 1. The molecule has 2 aromatic carbocycles. The second-order valence-corrected chi connectivity index (χ2v) is 8.32. The van der Waals surface area contributed by atoms with E-state index in [9.17, 15) is 14.0 Å². The van der Waals surface area contributed by atoms with Crippen molar-refractivity contribution in [2.24, 2.45) is 0 Å². The molecule has 1 N–H and O–H groups in total. The number of carbonyl (C=O) groups is 2. The maximum absolute atomic E-state index is 13.5. The number of nitrogens with zero attached hydrogens (tertiary/aromatic N) is 2. The highest BCUT2D eigenvalue weighted by atomic mass is 19.1. The molecule has 0 aromatic heterocycles. The second kappa shape index (κ2) is 10.7. The normalized spacial score (nSPS) is 19.4. The first-order valence-corrected chi connectivity index (χ1v) is 11.3. The molecule has 0 spiro atoms. The maximum Gasteiger partial charge on any atom is 0.247 e. The van der Waals surface area contributed by atoms with Gasteiger partial charge in [0.15, 0.2) is 0 Å². The highest BCUT2D eigenvalue weighted by Crippen LogP contribution is 2.27. The average Bonchev–Trinajstić information content (AvgIpc) is 2.83. The lowest BCUT2D eigenvalue weighted by molar-refractivity contribution is -0.142. The van der Waals surface area contributed by atoms with Gasteiger partial charge in [-0.15, -0.1) is 0 Å². The largest absolute Gasteiger partial charge is 0.379 e. The summed E-state index contributed by atoms with van der Waals surface area (Å²) in [5.74, 6) is -0.457. The minimum Gasteiger partial charge on any atom is -0.379 e. The summed E-state index contributed by atoms with van der Waals surface area (Å²) >= 11 is 0. The predicted molar refractivity (Wildman–Crippen MR) is 119 cm³/mol. The summed E-state index contributed by atoms with van der Waals surface area (Å²) in [4.78, 5) is 30.0. The van der Waals surface area contributed by atoms with Crippen LogP contribution in [0.2, 0.25) is 0 Å². The van der Waals surface area contributed by atoms with Crippen molar-refractivity contribution in [3.8, 4) is 0 Å². The number of likely N-dealkylation sites (tertiary alicyclic amines) is 1. The number of hydrogen-bond donors (Lipinski definition) is 1. The molecular weight excluding hydrogens is 409 g/mol. The van der Waals surface area contributed by atoms with E-state index < -0.39 is 6.04 Å². The first-order chi connectivity index (χ1) is 15.6. The molecule has 0 bridgehead atoms. The van der Waals surface area contributed by atoms with Crippen molar-refractivity contribution in [2.45, 2.75) is 31.3 Å². The van der Waals surface area contributed by atoms with E-state index >= 15 is 0 Å². The number of hydrogen-bond acceptors (Lipinski definition) is 4. The van der Waals surface area contributed by atoms with Crippen LogP contribution in [-0.4, -0.2) is 61.0 Å². The first-order valence-electron chi connectivity index (χ1n) is 11.3. The fraction of sp³-hybridized carbons (Fsp3) is 0.440. The molecular formula is C25H30FN3O3. The number of ether oxygens (including phenoxy) is 1. The maximum atomic E-state index is 13.5. The number of carbonyl (C=O) groups excluding carboxylic acids is 2. The Morgan fingerprint density at radius 2 is 1.69 bits per heavy atom. The average molecular weight is 440 g/mol. The zero-order valence-electron chi connectivity index (χ0n) is 18.2. The van der Waals surface area contributed by atoms with Crippen LogP contribution in [0.15, 0.2) is 54.6 Å². The zero-order chi connectivity index (χ0) is 22.3. The molecule has 0 radical (unpaired) electrons. The molecule has 170 valence electrons. The lowest BCUT2D eigenvalue weighted by Crippen LogP contribution is -2.48. The third-order valence-corrected chi connectivity index (χ3v) is 6.25. The minimum absolute atomic E-state index is 0.0171. The lowest BCUT2D eigenvalue weighted by atomic mass is 9.99. The van der Waals surface area contributed by atoms with Crippen molar-refractivity contribution in [3.63, 3.8) is 0 Å². The van der Waals surface area contributed by atoms with E-state index in [0.717, 1.165) is 37.1 Å². The van der Waals surface area contributed by atoms with Crippen LogP contribution in [0.25, 0.3) is 0 Å². The van der Waals surface area contributed by atoms with Gasteiger partial charge in [-0.3, -0.25) is 14.5 Å². The molecule has 4 rings (SSSR count). The van der Waals surface area contributed by atoms with Gasteiger partial charge in [-0.1, -0.05) is 42.5 Å². The van der Waals surface area contributed by atoms with Crippen molar-refractivity contribution in [1.29, 1.82) is 0 Å². The van der Waals surface area contributed by atoms with E-state index in [1.165, 1.54) is 12.1 Å². The fourth-order valence-corrected chi connectivity index (χ4v) is 4.53. The molecule has 2 amide bonds. The van der Waals surface area contributed by atoms with Crippen molar-refractivity contribution < 1.29 is 18.7 Å². The topological polar surface area (TPSA) is 61.9 Å². The standard InChI is InChI=1S/C25H30FN3O3/c26-21-11-9-19(10-12-21)22(28-14-16-32-17-15-28)18-27-25(31)24(20-6-2-1-3-7-20)29-13-5-4-8-23(29)30/h1-3,6-7,9-12,22,24H,4-5,8,13-18H2,(H,27,31). The van der Waals surface area contributed by atoms with Gasteiger partial charge in [0.05, 0.1) is 19.3 Å². The van der Waals surface area contributed by atoms with E-state index in [4.69, 9.17) is 4.74 Å². The molecule has 0 saturated carbocycles. The number of amides is 2. The number of benzene rings is 2. The van der Waals surface area contributed by atoms with E-state index in [-0.39, 0.29) is 23.7 Å². The summed E-state index contributed by atoms with van der Waals surface area (Å²) in [5, 5.41) is 3.10. The minimum atomic E-state index is -0.650. The van der Waals surface area contributed by atoms with Crippen molar-refractivity contribution in [2.75, 3.05) is 39.4 Å². The Kier molecular flexibility index (Phi) is 7.50. The summed E-state index contributed by atoms with van der Waals surface area (Å²) in [6.45, 7) is 3.68. The highest BCUT2D eigenvalue weighted by Gasteiger charge is 2.33. The summed E-state index contributed by atoms with van der Waals surface area (Å²) in [5.41, 5.74) is 1.75. The van der Waals surface area contributed by atoms with Gasteiger partial charge in [-0.2, -0.15) is 0 Å². The molecule has 2 heterocycles. The molecule has 2 aromatic rings. The molecule has 2 saturated heterocycles. The quantitative estimate of drug-likeness (QED) is 0.720. The monoisotopic (exact) mass is 439 g/mol. The SMILES string of the molecule is O=C(NCC(c1ccc(F)cc1)N1CCOCC1)C(c1ccccc1)N1CCCCC1=O. The second-order valence-electron chi connectivity index (χ2n) is 8.32. The summed E-state index contributed by atoms with van der Waals surface area (Å²) in [7, 11) is 0. The molecule has 6 nitrogen and oxygen atoms in total. The summed E-state index contributed by atoms with van der Waals surface area (Å²) < 4.78 is 19.0. The van der Waals surface area contributed by atoms with Crippen LogP contribution in [0.1, 0.15) is 42.5 Å². The van der Waals surface area contributed by atoms with Gasteiger partial charge in [-0.25, -0.2) is 4.39 Å². The first kappa shape index (κ1) is 22.4. The third kappa shape index (κ3) is 5.34. The van der Waals surface area contributed by atoms with E-state index in [1.807, 2.05) is 30.3 Å². The number of rotatable bonds is 7. The van der Waals surface area contributed by atoms with Crippen LogP contribution in [0.3, 0.4) is 0 Å². The van der Waals surface area contributed by atoms with Gasteiger partial charge in [0.25, 0.3) is 0 Å². The zero-order valence-corrected chi connectivity index (χ0v) is 18.2. The van der Waals surface area contributed by atoms with Crippen LogP contribution in [0.5, 0.6) is 0 Å². The van der Waals surface area contributed by atoms with Gasteiger partial charge >= 0.3 is 0 Å². The molecule has 2 aliphatic heterocycles. The number of morpholine rings is 1. The van der Waals surface area contributed by atoms with E-state index in [0.29, 0.717) is 32.7 Å². The third-order valence-electron chi connectivity index (χ3n) is 6.25. The Balaban J connectivity index is 1.54. The van der Waals surface area contributed by atoms with Crippen LogP contribution in [-0.2, 0) is 14.3 Å². The number of piperidine rings is 1. The molecule has 2 aliphatic rings. The van der Waals surface area contributed by atoms with Gasteiger partial charge in [0.2, 0.25) is 11.8 Å². The Hall–Kier alpha value is -2.77. The lowest BCUT2D eigenvalue weighted by Gasteiger charge is -2.37. The predicted octanol–water partition coefficient (Wildman–Crippen LogP) is 3.07. The Labute approximate surface area is 188 Å². The van der Waals surface area contributed by atoms with Crippen LogP contribution in [0, 0.1) is 5.82 Å². The molecule has 0 aliphatic carbocycles. The Morgan fingerprint density at radius 3 is 2.38 bits per heavy atom. The molecule has 2 atom stereocenters. The van der Waals surface area contributed by atoms with Gasteiger partial charge < -0.3 is 15.0 Å². The molecule has 32 heavy (non-hydrogen) atoms.